The number of non-ortho nitro benzene ring substituents is 1. The zero-order chi connectivity index (χ0) is 18.8. The molecule has 0 amide bonds. The summed E-state index contributed by atoms with van der Waals surface area (Å²) in [5, 5.41) is 11.1. The van der Waals surface area contributed by atoms with Crippen LogP contribution in [0.15, 0.2) is 34.3 Å². The van der Waals surface area contributed by atoms with Gasteiger partial charge in [0.1, 0.15) is 11.5 Å². The van der Waals surface area contributed by atoms with Gasteiger partial charge in [0.05, 0.1) is 18.1 Å². The number of hydrogen-bond donors (Lipinski definition) is 0. The van der Waals surface area contributed by atoms with Crippen LogP contribution >= 0.6 is 0 Å². The first-order valence-electron chi connectivity index (χ1n) is 7.76. The number of aliphatic imine (C=N–C) groups is 2. The number of nitrogens with zero attached hydrogens (tertiary/aromatic N) is 3. The molecule has 134 valence electrons. The second kappa shape index (κ2) is 7.00. The Morgan fingerprint density at radius 3 is 2.56 bits per heavy atom. The SMILES string of the molecule is COC1=NC(c2cccc([N+](=O)[O-])c2)C(C(=O)OC(C)(C)C)C(C)=N1. The molecule has 8 nitrogen and oxygen atoms in total. The highest BCUT2D eigenvalue weighted by Gasteiger charge is 2.38. The molecule has 1 aliphatic heterocycles. The smallest absolute Gasteiger partial charge is 0.317 e. The fraction of sp³-hybridized carbons (Fsp3) is 0.471. The Morgan fingerprint density at radius 2 is 2.00 bits per heavy atom. The first-order chi connectivity index (χ1) is 11.6. The fourth-order valence-corrected chi connectivity index (χ4v) is 2.52. The number of carbonyl (C=O) groups excluding carboxylic acids is 1. The van der Waals surface area contributed by atoms with E-state index in [-0.39, 0.29) is 11.7 Å². The van der Waals surface area contributed by atoms with E-state index < -0.39 is 28.5 Å². The fourth-order valence-electron chi connectivity index (χ4n) is 2.52. The first-order valence-corrected chi connectivity index (χ1v) is 7.76. The molecule has 1 aromatic rings. The molecule has 0 aromatic heterocycles. The number of amidine groups is 1. The van der Waals surface area contributed by atoms with Gasteiger partial charge in [-0.15, -0.1) is 0 Å². The van der Waals surface area contributed by atoms with Crippen LogP contribution in [0.1, 0.15) is 39.3 Å². The zero-order valence-corrected chi connectivity index (χ0v) is 14.8. The molecule has 0 N–H and O–H groups in total. The monoisotopic (exact) mass is 347 g/mol. The van der Waals surface area contributed by atoms with Crippen LogP contribution in [0.3, 0.4) is 0 Å². The standard InChI is InChI=1S/C17H21N3O5/c1-10-13(15(21)25-17(2,3)4)14(19-16(18-10)24-5)11-7-6-8-12(9-11)20(22)23/h6-9,13-14H,1-5H3. The Hall–Kier alpha value is -2.77. The zero-order valence-electron chi connectivity index (χ0n) is 14.8. The van der Waals surface area contributed by atoms with Crippen molar-refractivity contribution in [3.05, 3.63) is 39.9 Å². The lowest BCUT2D eigenvalue weighted by molar-refractivity contribution is -0.384. The highest BCUT2D eigenvalue weighted by molar-refractivity contribution is 6.07. The molecule has 2 unspecified atom stereocenters. The van der Waals surface area contributed by atoms with Crippen molar-refractivity contribution >= 4 is 23.4 Å². The maximum Gasteiger partial charge on any atom is 0.317 e. The van der Waals surface area contributed by atoms with Gasteiger partial charge in [0.2, 0.25) is 0 Å². The van der Waals surface area contributed by atoms with Gasteiger partial charge in [-0.1, -0.05) is 12.1 Å². The molecule has 0 fully saturated rings. The topological polar surface area (TPSA) is 103 Å². The molecule has 8 heteroatoms. The van der Waals surface area contributed by atoms with Crippen molar-refractivity contribution in [2.45, 2.75) is 39.3 Å². The maximum atomic E-state index is 12.7. The Bertz CT molecular complexity index is 749. The van der Waals surface area contributed by atoms with Gasteiger partial charge in [-0.05, 0) is 33.3 Å². The van der Waals surface area contributed by atoms with Crippen LogP contribution in [-0.2, 0) is 14.3 Å². The molecular weight excluding hydrogens is 326 g/mol. The normalized spacial score (nSPS) is 20.4. The second-order valence-electron chi connectivity index (χ2n) is 6.68. The predicted octanol–water partition coefficient (Wildman–Crippen LogP) is 3.07. The van der Waals surface area contributed by atoms with Crippen LogP contribution in [0.4, 0.5) is 5.69 Å². The lowest BCUT2D eigenvalue weighted by atomic mass is 9.88. The number of benzene rings is 1. The molecular formula is C17H21N3O5. The number of nitro groups is 1. The minimum atomic E-state index is -0.778. The molecule has 0 saturated heterocycles. The number of methoxy groups -OCH3 is 1. The molecule has 0 saturated carbocycles. The lowest BCUT2D eigenvalue weighted by Crippen LogP contribution is -2.37. The van der Waals surface area contributed by atoms with Crippen molar-refractivity contribution in [1.29, 1.82) is 0 Å². The number of hydrogen-bond acceptors (Lipinski definition) is 7. The predicted molar refractivity (Wildman–Crippen MR) is 92.7 cm³/mol. The van der Waals surface area contributed by atoms with Gasteiger partial charge in [-0.2, -0.15) is 0 Å². The number of nitro benzene ring substituents is 1. The molecule has 1 heterocycles. The highest BCUT2D eigenvalue weighted by atomic mass is 16.6. The van der Waals surface area contributed by atoms with Gasteiger partial charge < -0.3 is 9.47 Å². The number of rotatable bonds is 3. The molecule has 1 aromatic carbocycles. The summed E-state index contributed by atoms with van der Waals surface area (Å²) in [5.41, 5.74) is 0.261. The van der Waals surface area contributed by atoms with Gasteiger partial charge in [0.25, 0.3) is 5.69 Å². The number of esters is 1. The third-order valence-electron chi connectivity index (χ3n) is 3.55. The van der Waals surface area contributed by atoms with Crippen molar-refractivity contribution in [3.63, 3.8) is 0 Å². The van der Waals surface area contributed by atoms with E-state index in [1.165, 1.54) is 19.2 Å². The summed E-state index contributed by atoms with van der Waals surface area (Å²) in [6, 6.07) is 5.44. The van der Waals surface area contributed by atoms with Gasteiger partial charge >= 0.3 is 12.0 Å². The molecule has 2 atom stereocenters. The van der Waals surface area contributed by atoms with E-state index >= 15 is 0 Å². The van der Waals surface area contributed by atoms with E-state index in [0.29, 0.717) is 11.3 Å². The second-order valence-corrected chi connectivity index (χ2v) is 6.68. The van der Waals surface area contributed by atoms with Crippen molar-refractivity contribution in [1.82, 2.24) is 0 Å². The average molecular weight is 347 g/mol. The van der Waals surface area contributed by atoms with Crippen molar-refractivity contribution in [2.75, 3.05) is 7.11 Å². The average Bonchev–Trinajstić information content (AvgIpc) is 2.52. The summed E-state index contributed by atoms with van der Waals surface area (Å²) in [6.07, 6.45) is 0. The van der Waals surface area contributed by atoms with E-state index in [1.54, 1.807) is 39.8 Å². The molecule has 1 aliphatic rings. The van der Waals surface area contributed by atoms with E-state index in [4.69, 9.17) is 9.47 Å². The molecule has 2 rings (SSSR count). The van der Waals surface area contributed by atoms with Crippen molar-refractivity contribution < 1.29 is 19.2 Å². The van der Waals surface area contributed by atoms with Crippen molar-refractivity contribution in [2.24, 2.45) is 15.9 Å². The van der Waals surface area contributed by atoms with Crippen molar-refractivity contribution in [3.8, 4) is 0 Å². The lowest BCUT2D eigenvalue weighted by Gasteiger charge is -2.29. The minimum absolute atomic E-state index is 0.0743. The number of ether oxygens (including phenoxy) is 2. The number of carbonyl (C=O) groups is 1. The van der Waals surface area contributed by atoms with Gasteiger partial charge in [0, 0.05) is 17.8 Å². The van der Waals surface area contributed by atoms with Gasteiger partial charge in [0.15, 0.2) is 0 Å². The van der Waals surface area contributed by atoms with Gasteiger partial charge in [-0.3, -0.25) is 14.9 Å². The molecule has 25 heavy (non-hydrogen) atoms. The Morgan fingerprint density at radius 1 is 1.32 bits per heavy atom. The minimum Gasteiger partial charge on any atom is -0.467 e. The Labute approximate surface area is 145 Å². The summed E-state index contributed by atoms with van der Waals surface area (Å²) in [7, 11) is 1.42. The summed E-state index contributed by atoms with van der Waals surface area (Å²) in [5.74, 6) is -1.26. The van der Waals surface area contributed by atoms with E-state index in [2.05, 4.69) is 9.98 Å². The van der Waals surface area contributed by atoms with Crippen LogP contribution in [-0.4, -0.2) is 35.3 Å². The van der Waals surface area contributed by atoms with Crippen LogP contribution in [0.2, 0.25) is 0 Å². The Balaban J connectivity index is 2.47. The largest absolute Gasteiger partial charge is 0.467 e. The first kappa shape index (κ1) is 18.6. The molecule has 0 aliphatic carbocycles. The quantitative estimate of drug-likeness (QED) is 0.475. The highest BCUT2D eigenvalue weighted by Crippen LogP contribution is 2.34. The van der Waals surface area contributed by atoms with E-state index in [0.717, 1.165) is 0 Å². The molecule has 0 spiro atoms. The van der Waals surface area contributed by atoms with Crippen LogP contribution in [0.5, 0.6) is 0 Å². The van der Waals surface area contributed by atoms with Gasteiger partial charge in [-0.25, -0.2) is 9.98 Å². The van der Waals surface area contributed by atoms with Crippen LogP contribution < -0.4 is 0 Å². The Kier molecular flexibility index (Phi) is 5.20. The molecule has 0 bridgehead atoms. The summed E-state index contributed by atoms with van der Waals surface area (Å²) in [6.45, 7) is 7.00. The third-order valence-corrected chi connectivity index (χ3v) is 3.55. The molecule has 0 radical (unpaired) electrons. The van der Waals surface area contributed by atoms with Crippen LogP contribution in [0, 0.1) is 16.0 Å². The van der Waals surface area contributed by atoms with E-state index in [1.807, 2.05) is 0 Å². The third kappa shape index (κ3) is 4.40. The summed E-state index contributed by atoms with van der Waals surface area (Å²) >= 11 is 0. The summed E-state index contributed by atoms with van der Waals surface area (Å²) < 4.78 is 10.6. The summed E-state index contributed by atoms with van der Waals surface area (Å²) in [4.78, 5) is 31.8. The van der Waals surface area contributed by atoms with E-state index in [9.17, 15) is 14.9 Å². The maximum absolute atomic E-state index is 12.7. The van der Waals surface area contributed by atoms with Crippen LogP contribution in [0.25, 0.3) is 0 Å².